The third-order valence-electron chi connectivity index (χ3n) is 5.11. The smallest absolute Gasteiger partial charge is 0.0106 e. The molecule has 3 aliphatic rings. The molecule has 1 nitrogen and oxygen atoms in total. The fraction of sp³-hybridized carbons (Fsp3) is 1.00. The van der Waals surface area contributed by atoms with Gasteiger partial charge in [-0.25, -0.2) is 0 Å². The predicted octanol–water partition coefficient (Wildman–Crippen LogP) is 2.42. The van der Waals surface area contributed by atoms with E-state index < -0.39 is 0 Å². The molecule has 0 aromatic rings. The summed E-state index contributed by atoms with van der Waals surface area (Å²) in [5, 5.41) is 3.70. The van der Waals surface area contributed by atoms with Crippen molar-refractivity contribution in [1.82, 2.24) is 5.32 Å². The first-order chi connectivity index (χ1) is 6.24. The van der Waals surface area contributed by atoms with E-state index in [1.807, 2.05) is 0 Å². The molecule has 13 heavy (non-hydrogen) atoms. The van der Waals surface area contributed by atoms with Gasteiger partial charge >= 0.3 is 0 Å². The minimum atomic E-state index is 0.737. The molecule has 0 heterocycles. The molecular weight excluding hydrogens is 158 g/mol. The van der Waals surface area contributed by atoms with Crippen LogP contribution in [0.4, 0.5) is 0 Å². The summed E-state index contributed by atoms with van der Waals surface area (Å²) in [6, 6.07) is 0.876. The number of nitrogens with one attached hydrogen (secondary N) is 1. The molecular formula is C12H21N. The number of hydrogen-bond donors (Lipinski definition) is 1. The Kier molecular flexibility index (Phi) is 1.59. The van der Waals surface area contributed by atoms with Crippen LogP contribution in [0.5, 0.6) is 0 Å². The quantitative estimate of drug-likeness (QED) is 0.686. The van der Waals surface area contributed by atoms with Crippen LogP contribution >= 0.6 is 0 Å². The molecule has 0 spiro atoms. The molecule has 0 aliphatic heterocycles. The van der Waals surface area contributed by atoms with Gasteiger partial charge in [0.15, 0.2) is 0 Å². The minimum absolute atomic E-state index is 0.737. The third-order valence-corrected chi connectivity index (χ3v) is 5.11. The van der Waals surface area contributed by atoms with Crippen LogP contribution in [-0.2, 0) is 0 Å². The third kappa shape index (κ3) is 0.918. The Balaban J connectivity index is 1.85. The second-order valence-corrected chi connectivity index (χ2v) is 5.75. The minimum Gasteiger partial charge on any atom is -0.314 e. The van der Waals surface area contributed by atoms with Gasteiger partial charge in [0.1, 0.15) is 0 Å². The van der Waals surface area contributed by atoms with Crippen LogP contribution < -0.4 is 5.32 Å². The number of hydrogen-bond acceptors (Lipinski definition) is 1. The Morgan fingerprint density at radius 2 is 2.31 bits per heavy atom. The molecule has 3 aliphatic carbocycles. The summed E-state index contributed by atoms with van der Waals surface area (Å²) in [5.41, 5.74) is 0.737. The van der Waals surface area contributed by atoms with Crippen molar-refractivity contribution in [2.75, 3.05) is 6.54 Å². The lowest BCUT2D eigenvalue weighted by Crippen LogP contribution is -2.41. The van der Waals surface area contributed by atoms with E-state index in [1.165, 1.54) is 19.3 Å². The zero-order chi connectivity index (χ0) is 9.05. The van der Waals surface area contributed by atoms with Crippen molar-refractivity contribution in [3.8, 4) is 0 Å². The van der Waals surface area contributed by atoms with Crippen LogP contribution in [0, 0.1) is 23.2 Å². The second kappa shape index (κ2) is 2.50. The van der Waals surface area contributed by atoms with E-state index in [2.05, 4.69) is 19.2 Å². The van der Waals surface area contributed by atoms with E-state index in [4.69, 9.17) is 0 Å². The summed E-state index contributed by atoms with van der Waals surface area (Å²) in [4.78, 5) is 0. The van der Waals surface area contributed by atoms with Gasteiger partial charge in [-0.1, -0.05) is 13.8 Å². The molecule has 0 aromatic carbocycles. The molecule has 3 fully saturated rings. The number of rotatable bonds is 2. The average Bonchev–Trinajstić information content (AvgIpc) is 2.65. The van der Waals surface area contributed by atoms with E-state index in [-0.39, 0.29) is 0 Å². The predicted molar refractivity (Wildman–Crippen MR) is 54.5 cm³/mol. The normalized spacial score (nSPS) is 57.7. The van der Waals surface area contributed by atoms with E-state index in [1.54, 1.807) is 6.42 Å². The van der Waals surface area contributed by atoms with Crippen LogP contribution in [0.15, 0.2) is 0 Å². The Hall–Kier alpha value is -0.0400. The Morgan fingerprint density at radius 1 is 1.46 bits per heavy atom. The van der Waals surface area contributed by atoms with Gasteiger partial charge in [-0.2, -0.15) is 0 Å². The van der Waals surface area contributed by atoms with E-state index in [0.717, 1.165) is 35.8 Å². The van der Waals surface area contributed by atoms with Gasteiger partial charge in [0, 0.05) is 6.04 Å². The fourth-order valence-electron chi connectivity index (χ4n) is 4.86. The topological polar surface area (TPSA) is 12.0 Å². The van der Waals surface area contributed by atoms with Crippen molar-refractivity contribution >= 4 is 0 Å². The zero-order valence-corrected chi connectivity index (χ0v) is 8.84. The van der Waals surface area contributed by atoms with Gasteiger partial charge in [-0.05, 0) is 55.4 Å². The maximum Gasteiger partial charge on any atom is 0.0106 e. The highest BCUT2D eigenvalue weighted by Gasteiger charge is 2.62. The summed E-state index contributed by atoms with van der Waals surface area (Å²) in [5.74, 6) is 3.24. The molecule has 1 heteroatoms. The standard InChI is InChI=1S/C12H21N/c1-3-13-10-6-8-7-12(2)5-4-9(8)11(10)12/h8-11,13H,3-7H2,1-2H3/t8-,9+,10+,11+,12-/m1/s1. The van der Waals surface area contributed by atoms with Crippen molar-refractivity contribution in [3.05, 3.63) is 0 Å². The Labute approximate surface area is 81.3 Å². The summed E-state index contributed by atoms with van der Waals surface area (Å²) >= 11 is 0. The second-order valence-electron chi connectivity index (χ2n) is 5.75. The van der Waals surface area contributed by atoms with Crippen molar-refractivity contribution in [1.29, 1.82) is 0 Å². The van der Waals surface area contributed by atoms with Crippen LogP contribution in [-0.4, -0.2) is 12.6 Å². The van der Waals surface area contributed by atoms with E-state index in [0.29, 0.717) is 0 Å². The summed E-state index contributed by atoms with van der Waals surface area (Å²) in [7, 11) is 0. The van der Waals surface area contributed by atoms with Gasteiger partial charge in [0.2, 0.25) is 0 Å². The molecule has 5 atom stereocenters. The van der Waals surface area contributed by atoms with Crippen LogP contribution in [0.1, 0.15) is 39.5 Å². The molecule has 4 bridgehead atoms. The molecule has 74 valence electrons. The van der Waals surface area contributed by atoms with E-state index in [9.17, 15) is 0 Å². The maximum atomic E-state index is 3.70. The van der Waals surface area contributed by atoms with Gasteiger partial charge in [0.05, 0.1) is 0 Å². The lowest BCUT2D eigenvalue weighted by molar-refractivity contribution is 0.156. The first kappa shape index (κ1) is 8.28. The molecule has 0 aromatic heterocycles. The average molecular weight is 179 g/mol. The lowest BCUT2D eigenvalue weighted by atomic mass is 9.72. The summed E-state index contributed by atoms with van der Waals surface area (Å²) < 4.78 is 0. The van der Waals surface area contributed by atoms with Crippen molar-refractivity contribution in [3.63, 3.8) is 0 Å². The molecule has 0 amide bonds. The van der Waals surface area contributed by atoms with Gasteiger partial charge in [-0.3, -0.25) is 0 Å². The zero-order valence-electron chi connectivity index (χ0n) is 8.84. The van der Waals surface area contributed by atoms with Gasteiger partial charge in [0.25, 0.3) is 0 Å². The monoisotopic (exact) mass is 179 g/mol. The largest absolute Gasteiger partial charge is 0.314 e. The summed E-state index contributed by atoms with van der Waals surface area (Å²) in [6.45, 7) is 5.95. The highest BCUT2D eigenvalue weighted by atomic mass is 15.0. The highest BCUT2D eigenvalue weighted by molar-refractivity contribution is 5.13. The van der Waals surface area contributed by atoms with Crippen LogP contribution in [0.25, 0.3) is 0 Å². The molecule has 3 rings (SSSR count). The fourth-order valence-corrected chi connectivity index (χ4v) is 4.86. The van der Waals surface area contributed by atoms with Gasteiger partial charge in [-0.15, -0.1) is 0 Å². The molecule has 0 radical (unpaired) electrons. The Morgan fingerprint density at radius 3 is 2.92 bits per heavy atom. The molecule has 0 unspecified atom stereocenters. The summed E-state index contributed by atoms with van der Waals surface area (Å²) in [6.07, 6.45) is 6.08. The van der Waals surface area contributed by atoms with Crippen molar-refractivity contribution < 1.29 is 0 Å². The van der Waals surface area contributed by atoms with Crippen molar-refractivity contribution in [2.45, 2.75) is 45.6 Å². The first-order valence-electron chi connectivity index (χ1n) is 5.98. The Bertz CT molecular complexity index is 225. The molecule has 0 saturated heterocycles. The lowest BCUT2D eigenvalue weighted by Gasteiger charge is -2.37. The first-order valence-corrected chi connectivity index (χ1v) is 5.98. The van der Waals surface area contributed by atoms with Crippen molar-refractivity contribution in [2.24, 2.45) is 23.2 Å². The molecule has 1 N–H and O–H groups in total. The van der Waals surface area contributed by atoms with E-state index >= 15 is 0 Å². The SMILES string of the molecule is CCN[C@H]1C[C@@H]2C[C@@]3(C)CC[C@@H]2[C@@H]13. The van der Waals surface area contributed by atoms with Gasteiger partial charge < -0.3 is 5.32 Å². The van der Waals surface area contributed by atoms with Crippen LogP contribution in [0.3, 0.4) is 0 Å². The highest BCUT2D eigenvalue weighted by Crippen LogP contribution is 2.67. The van der Waals surface area contributed by atoms with Crippen LogP contribution in [0.2, 0.25) is 0 Å². The maximum absolute atomic E-state index is 3.70. The molecule has 3 saturated carbocycles.